The molecule has 186 valence electrons. The van der Waals surface area contributed by atoms with Crippen molar-refractivity contribution in [3.63, 3.8) is 0 Å². The first kappa shape index (κ1) is 24.4. The summed E-state index contributed by atoms with van der Waals surface area (Å²) in [6.45, 7) is 2.96. The number of carbonyl (C=O) groups excluding carboxylic acids is 2. The number of fused-ring (bicyclic) bond motifs is 1. The first-order chi connectivity index (χ1) is 17.8. The number of aromatic nitrogens is 4. The van der Waals surface area contributed by atoms with Crippen LogP contribution in [0, 0.1) is 18.3 Å². The zero-order valence-electron chi connectivity index (χ0n) is 20.0. The van der Waals surface area contributed by atoms with Crippen molar-refractivity contribution in [2.24, 2.45) is 5.73 Å². The van der Waals surface area contributed by atoms with Crippen molar-refractivity contribution in [2.75, 3.05) is 13.1 Å². The van der Waals surface area contributed by atoms with E-state index < -0.39 is 17.4 Å². The van der Waals surface area contributed by atoms with E-state index in [9.17, 15) is 14.9 Å². The number of amides is 2. The first-order valence-electron chi connectivity index (χ1n) is 11.7. The Morgan fingerprint density at radius 1 is 1.16 bits per heavy atom. The van der Waals surface area contributed by atoms with E-state index in [1.807, 2.05) is 19.1 Å². The number of rotatable bonds is 5. The third-order valence-electron chi connectivity index (χ3n) is 6.48. The van der Waals surface area contributed by atoms with Crippen LogP contribution in [-0.2, 0) is 4.79 Å². The van der Waals surface area contributed by atoms with Crippen LogP contribution in [0.4, 0.5) is 0 Å². The second-order valence-electron chi connectivity index (χ2n) is 8.97. The molecule has 1 saturated heterocycles. The summed E-state index contributed by atoms with van der Waals surface area (Å²) in [4.78, 5) is 34.5. The molecule has 2 amide bonds. The lowest BCUT2D eigenvalue weighted by Crippen LogP contribution is -2.61. The van der Waals surface area contributed by atoms with Gasteiger partial charge in [-0.15, -0.1) is 0 Å². The van der Waals surface area contributed by atoms with Crippen molar-refractivity contribution in [2.45, 2.75) is 25.3 Å². The molecule has 0 aliphatic carbocycles. The average molecular weight is 515 g/mol. The Balaban J connectivity index is 1.66. The maximum atomic E-state index is 13.3. The molecule has 0 bridgehead atoms. The molecule has 3 aromatic heterocycles. The zero-order valence-corrected chi connectivity index (χ0v) is 20.7. The highest BCUT2D eigenvalue weighted by atomic mass is 35.5. The first-order valence-corrected chi connectivity index (χ1v) is 12.0. The van der Waals surface area contributed by atoms with Crippen molar-refractivity contribution < 1.29 is 9.59 Å². The van der Waals surface area contributed by atoms with Crippen LogP contribution in [0.25, 0.3) is 28.0 Å². The standard InChI is InChI=1S/C26H23ClN8O2/c1-15-11-18(13-20(27)31-15)21-22(17-4-2-3-16(12-17)14-28)34-35-10-5-19(32-23(21)35)24(36)33-26(25(29)37)6-8-30-9-7-26/h2-5,10-13,30H,6-9H2,1H3,(H2,29,37)(H,33,36). The predicted molar refractivity (Wildman–Crippen MR) is 138 cm³/mol. The number of nitrogens with two attached hydrogens (primary N) is 1. The zero-order chi connectivity index (χ0) is 26.2. The minimum Gasteiger partial charge on any atom is -0.368 e. The highest BCUT2D eigenvalue weighted by molar-refractivity contribution is 6.29. The van der Waals surface area contributed by atoms with Crippen LogP contribution < -0.4 is 16.4 Å². The molecule has 4 N–H and O–H groups in total. The van der Waals surface area contributed by atoms with Gasteiger partial charge in [-0.25, -0.2) is 14.5 Å². The smallest absolute Gasteiger partial charge is 0.270 e. The molecule has 1 aromatic carbocycles. The van der Waals surface area contributed by atoms with Gasteiger partial charge in [-0.3, -0.25) is 9.59 Å². The lowest BCUT2D eigenvalue weighted by Gasteiger charge is -2.35. The van der Waals surface area contributed by atoms with Gasteiger partial charge in [-0.2, -0.15) is 10.4 Å². The van der Waals surface area contributed by atoms with E-state index in [0.717, 1.165) is 0 Å². The summed E-state index contributed by atoms with van der Waals surface area (Å²) in [6, 6.07) is 14.3. The van der Waals surface area contributed by atoms with Gasteiger partial charge in [0.05, 0.1) is 17.2 Å². The molecule has 1 aliphatic rings. The molecule has 0 saturated carbocycles. The molecule has 10 nitrogen and oxygen atoms in total. The van der Waals surface area contributed by atoms with Gasteiger partial charge < -0.3 is 16.4 Å². The van der Waals surface area contributed by atoms with Crippen LogP contribution in [-0.4, -0.2) is 50.0 Å². The number of benzene rings is 1. The van der Waals surface area contributed by atoms with Gasteiger partial charge in [-0.1, -0.05) is 23.7 Å². The maximum absolute atomic E-state index is 13.3. The maximum Gasteiger partial charge on any atom is 0.270 e. The predicted octanol–water partition coefficient (Wildman–Crippen LogP) is 2.63. The third kappa shape index (κ3) is 4.62. The van der Waals surface area contributed by atoms with E-state index in [2.05, 4.69) is 26.7 Å². The van der Waals surface area contributed by atoms with E-state index in [1.165, 1.54) is 6.07 Å². The summed E-state index contributed by atoms with van der Waals surface area (Å²) >= 11 is 6.28. The fourth-order valence-corrected chi connectivity index (χ4v) is 4.85. The fourth-order valence-electron chi connectivity index (χ4n) is 4.60. The van der Waals surface area contributed by atoms with Crippen molar-refractivity contribution >= 4 is 29.1 Å². The van der Waals surface area contributed by atoms with E-state index in [-0.39, 0.29) is 5.69 Å². The number of nitrogens with zero attached hydrogens (tertiary/aromatic N) is 5. The number of primary amides is 1. The minimum atomic E-state index is -1.14. The highest BCUT2D eigenvalue weighted by Gasteiger charge is 2.39. The van der Waals surface area contributed by atoms with Gasteiger partial charge in [0.25, 0.3) is 5.91 Å². The molecule has 5 rings (SSSR count). The number of pyridine rings is 1. The van der Waals surface area contributed by atoms with Crippen LogP contribution in [0.1, 0.15) is 34.6 Å². The number of nitrogens with one attached hydrogen (secondary N) is 2. The van der Waals surface area contributed by atoms with Crippen molar-refractivity contribution in [3.05, 3.63) is 70.8 Å². The fraction of sp³-hybridized carbons (Fsp3) is 0.231. The van der Waals surface area contributed by atoms with Crippen molar-refractivity contribution in [1.29, 1.82) is 5.26 Å². The Morgan fingerprint density at radius 2 is 1.95 bits per heavy atom. The van der Waals surface area contributed by atoms with E-state index in [0.29, 0.717) is 70.4 Å². The largest absolute Gasteiger partial charge is 0.368 e. The van der Waals surface area contributed by atoms with Crippen LogP contribution >= 0.6 is 11.6 Å². The number of carbonyl (C=O) groups is 2. The quantitative estimate of drug-likeness (QED) is 0.346. The molecular weight excluding hydrogens is 492 g/mol. The molecule has 37 heavy (non-hydrogen) atoms. The van der Waals surface area contributed by atoms with Gasteiger partial charge in [0, 0.05) is 17.5 Å². The molecule has 0 spiro atoms. The Bertz CT molecular complexity index is 1560. The molecule has 1 fully saturated rings. The Labute approximate surface area is 217 Å². The number of piperidine rings is 1. The molecule has 0 radical (unpaired) electrons. The number of hydrogen-bond donors (Lipinski definition) is 3. The van der Waals surface area contributed by atoms with E-state index in [1.54, 1.807) is 35.0 Å². The summed E-state index contributed by atoms with van der Waals surface area (Å²) in [5.74, 6) is -1.08. The normalized spacial score (nSPS) is 14.7. The van der Waals surface area contributed by atoms with Gasteiger partial charge in [0.1, 0.15) is 22.1 Å². The second kappa shape index (κ2) is 9.61. The highest BCUT2D eigenvalue weighted by Crippen LogP contribution is 2.36. The summed E-state index contributed by atoms with van der Waals surface area (Å²) < 4.78 is 1.57. The molecule has 0 atom stereocenters. The molecule has 0 unspecified atom stereocenters. The topological polar surface area (TPSA) is 151 Å². The third-order valence-corrected chi connectivity index (χ3v) is 6.67. The SMILES string of the molecule is Cc1cc(-c2c(-c3cccc(C#N)c3)nn3ccc(C(=O)NC4(C(N)=O)CCNCC4)nc23)cc(Cl)n1. The summed E-state index contributed by atoms with van der Waals surface area (Å²) in [5.41, 5.74) is 8.85. The number of aryl methyl sites for hydroxylation is 1. The lowest BCUT2D eigenvalue weighted by atomic mass is 9.87. The summed E-state index contributed by atoms with van der Waals surface area (Å²) in [6.07, 6.45) is 2.41. The van der Waals surface area contributed by atoms with Gasteiger partial charge in [-0.05, 0) is 68.8 Å². The van der Waals surface area contributed by atoms with Gasteiger partial charge in [0.2, 0.25) is 5.91 Å². The summed E-state index contributed by atoms with van der Waals surface area (Å²) in [7, 11) is 0. The minimum absolute atomic E-state index is 0.113. The Hall–Kier alpha value is -4.33. The van der Waals surface area contributed by atoms with Crippen LogP contribution in [0.3, 0.4) is 0 Å². The number of halogens is 1. The van der Waals surface area contributed by atoms with E-state index >= 15 is 0 Å². The van der Waals surface area contributed by atoms with Crippen molar-refractivity contribution in [3.8, 4) is 28.5 Å². The molecule has 11 heteroatoms. The Morgan fingerprint density at radius 3 is 2.65 bits per heavy atom. The van der Waals surface area contributed by atoms with Crippen LogP contribution in [0.2, 0.25) is 5.15 Å². The number of hydrogen-bond acceptors (Lipinski definition) is 7. The van der Waals surface area contributed by atoms with Gasteiger partial charge in [0.15, 0.2) is 5.65 Å². The molecule has 1 aliphatic heterocycles. The van der Waals surface area contributed by atoms with Crippen LogP contribution in [0.15, 0.2) is 48.7 Å². The number of nitriles is 1. The molecule has 4 aromatic rings. The van der Waals surface area contributed by atoms with Crippen molar-refractivity contribution in [1.82, 2.24) is 30.2 Å². The second-order valence-corrected chi connectivity index (χ2v) is 9.35. The molecule has 4 heterocycles. The molecular formula is C26H23ClN8O2. The monoisotopic (exact) mass is 514 g/mol. The van der Waals surface area contributed by atoms with Gasteiger partial charge >= 0.3 is 0 Å². The van der Waals surface area contributed by atoms with Crippen LogP contribution in [0.5, 0.6) is 0 Å². The Kier molecular flexibility index (Phi) is 6.33. The van der Waals surface area contributed by atoms with E-state index in [4.69, 9.17) is 22.4 Å². The lowest BCUT2D eigenvalue weighted by molar-refractivity contribution is -0.125. The summed E-state index contributed by atoms with van der Waals surface area (Å²) in [5, 5.41) is 20.4. The average Bonchev–Trinajstić information content (AvgIpc) is 3.27.